The van der Waals surface area contributed by atoms with E-state index >= 15 is 0 Å². The number of carbonyl (C=O) groups is 1. The molecule has 21 heavy (non-hydrogen) atoms. The van der Waals surface area contributed by atoms with Crippen LogP contribution in [0.1, 0.15) is 25.7 Å². The molecule has 0 bridgehead atoms. The van der Waals surface area contributed by atoms with Crippen LogP contribution in [0.25, 0.3) is 9.65 Å². The third kappa shape index (κ3) is 2.99. The molecule has 1 aliphatic carbocycles. The van der Waals surface area contributed by atoms with E-state index < -0.39 is 0 Å². The predicted octanol–water partition coefficient (Wildman–Crippen LogP) is 2.04. The van der Waals surface area contributed by atoms with E-state index in [9.17, 15) is 9.59 Å². The molecule has 0 atom stereocenters. The van der Waals surface area contributed by atoms with Crippen molar-refractivity contribution < 1.29 is 9.53 Å². The third-order valence-electron chi connectivity index (χ3n) is 4.36. The van der Waals surface area contributed by atoms with Crippen LogP contribution in [-0.2, 0) is 16.1 Å². The Morgan fingerprint density at radius 3 is 2.67 bits per heavy atom. The van der Waals surface area contributed by atoms with Gasteiger partial charge in [-0.2, -0.15) is 0 Å². The molecule has 4 nitrogen and oxygen atoms in total. The molecule has 0 saturated heterocycles. The van der Waals surface area contributed by atoms with E-state index in [1.807, 2.05) is 21.8 Å². The maximum atomic E-state index is 12.4. The number of fused-ring (bicyclic) bond motifs is 1. The summed E-state index contributed by atoms with van der Waals surface area (Å²) < 4.78 is 8.02. The molecule has 2 aromatic rings. The Bertz CT molecular complexity index is 695. The summed E-state index contributed by atoms with van der Waals surface area (Å²) >= 11 is 0.118. The van der Waals surface area contributed by atoms with Gasteiger partial charge in [0.15, 0.2) is 0 Å². The molecule has 0 amide bonds. The summed E-state index contributed by atoms with van der Waals surface area (Å²) in [6.45, 7) is 0.835. The third-order valence-corrected chi connectivity index (χ3v) is 6.64. The molecule has 1 fully saturated rings. The predicted molar refractivity (Wildman–Crippen MR) is 82.6 cm³/mol. The Kier molecular flexibility index (Phi) is 4.32. The molecule has 0 spiro atoms. The number of hydrogen-bond donors (Lipinski definition) is 0. The minimum absolute atomic E-state index is 0.0586. The summed E-state index contributed by atoms with van der Waals surface area (Å²) in [6, 6.07) is 7.91. The maximum absolute atomic E-state index is 12.4. The molecule has 112 valence electrons. The van der Waals surface area contributed by atoms with Crippen LogP contribution in [0.3, 0.4) is 0 Å². The quantitative estimate of drug-likeness (QED) is 0.627. The number of benzene rings is 1. The van der Waals surface area contributed by atoms with E-state index in [0.717, 1.165) is 37.6 Å². The van der Waals surface area contributed by atoms with Crippen LogP contribution in [0.4, 0.5) is 0 Å². The Morgan fingerprint density at radius 2 is 2.00 bits per heavy atom. The SMILES string of the molecule is COC(=O)C1CCC(Cn2[se]c3ccccc3c2=O)CC1. The molecule has 0 radical (unpaired) electrons. The van der Waals surface area contributed by atoms with Gasteiger partial charge in [0.1, 0.15) is 0 Å². The van der Waals surface area contributed by atoms with Crippen molar-refractivity contribution in [1.82, 2.24) is 3.56 Å². The van der Waals surface area contributed by atoms with Crippen molar-refractivity contribution in [2.45, 2.75) is 32.2 Å². The topological polar surface area (TPSA) is 48.3 Å². The number of rotatable bonds is 3. The zero-order chi connectivity index (χ0) is 14.8. The zero-order valence-corrected chi connectivity index (χ0v) is 13.8. The number of aromatic nitrogens is 1. The van der Waals surface area contributed by atoms with Crippen molar-refractivity contribution in [1.29, 1.82) is 0 Å². The van der Waals surface area contributed by atoms with Crippen LogP contribution >= 0.6 is 0 Å². The Labute approximate surface area is 129 Å². The van der Waals surface area contributed by atoms with E-state index in [0.29, 0.717) is 5.92 Å². The molecular formula is C16H19NO3Se. The summed E-state index contributed by atoms with van der Waals surface area (Å²) in [6.07, 6.45) is 3.80. The van der Waals surface area contributed by atoms with Gasteiger partial charge in [0.25, 0.3) is 0 Å². The van der Waals surface area contributed by atoms with E-state index in [2.05, 4.69) is 6.07 Å². The number of hydrogen-bond acceptors (Lipinski definition) is 3. The van der Waals surface area contributed by atoms with Gasteiger partial charge in [0, 0.05) is 0 Å². The van der Waals surface area contributed by atoms with Crippen LogP contribution in [0, 0.1) is 11.8 Å². The van der Waals surface area contributed by atoms with E-state index in [4.69, 9.17) is 4.74 Å². The summed E-state index contributed by atoms with van der Waals surface area (Å²) in [5, 5.41) is 0.876. The van der Waals surface area contributed by atoms with Crippen molar-refractivity contribution in [3.8, 4) is 0 Å². The van der Waals surface area contributed by atoms with Crippen LogP contribution in [-0.4, -0.2) is 31.4 Å². The van der Waals surface area contributed by atoms with Gasteiger partial charge in [0.2, 0.25) is 0 Å². The summed E-state index contributed by atoms with van der Waals surface area (Å²) in [5.74, 6) is 0.497. The van der Waals surface area contributed by atoms with Crippen LogP contribution in [0.5, 0.6) is 0 Å². The van der Waals surface area contributed by atoms with Gasteiger partial charge in [-0.15, -0.1) is 0 Å². The van der Waals surface area contributed by atoms with E-state index in [-0.39, 0.29) is 32.2 Å². The normalized spacial score (nSPS) is 22.3. The zero-order valence-electron chi connectivity index (χ0n) is 12.1. The van der Waals surface area contributed by atoms with Gasteiger partial charge < -0.3 is 0 Å². The number of esters is 1. The van der Waals surface area contributed by atoms with Gasteiger partial charge in [-0.25, -0.2) is 0 Å². The van der Waals surface area contributed by atoms with Gasteiger partial charge in [-0.1, -0.05) is 0 Å². The Hall–Kier alpha value is -1.32. The van der Waals surface area contributed by atoms with E-state index in [1.54, 1.807) is 0 Å². The molecule has 1 heterocycles. The summed E-state index contributed by atoms with van der Waals surface area (Å²) in [5.41, 5.74) is 0.181. The number of nitrogens with zero attached hydrogens (tertiary/aromatic N) is 1. The molecule has 0 aliphatic heterocycles. The second-order valence-electron chi connectivity index (χ2n) is 5.69. The fourth-order valence-electron chi connectivity index (χ4n) is 3.12. The first-order valence-electron chi connectivity index (χ1n) is 7.35. The van der Waals surface area contributed by atoms with Gasteiger partial charge in [0.05, 0.1) is 0 Å². The number of ether oxygens (including phenoxy) is 1. The van der Waals surface area contributed by atoms with Crippen molar-refractivity contribution in [3.63, 3.8) is 0 Å². The van der Waals surface area contributed by atoms with Crippen molar-refractivity contribution >= 4 is 30.3 Å². The summed E-state index contributed by atoms with van der Waals surface area (Å²) in [4.78, 5) is 23.9. The van der Waals surface area contributed by atoms with Crippen molar-refractivity contribution in [2.75, 3.05) is 7.11 Å². The molecule has 1 aliphatic rings. The molecule has 0 unspecified atom stereocenters. The van der Waals surface area contributed by atoms with Gasteiger partial charge in [-0.3, -0.25) is 0 Å². The first-order valence-corrected chi connectivity index (χ1v) is 8.98. The standard InChI is InChI=1S/C16H19NO3Se/c1-20-16(19)12-8-6-11(7-9-12)10-17-15(18)13-4-2-3-5-14(13)21-17/h2-5,11-12H,6-10H2,1H3. The van der Waals surface area contributed by atoms with Crippen LogP contribution < -0.4 is 5.56 Å². The molecule has 1 aromatic carbocycles. The molecule has 3 rings (SSSR count). The molecule has 0 N–H and O–H groups in total. The molecular weight excluding hydrogens is 333 g/mol. The average Bonchev–Trinajstić information content (AvgIpc) is 2.84. The second-order valence-corrected chi connectivity index (χ2v) is 7.93. The second kappa shape index (κ2) is 6.20. The molecule has 1 saturated carbocycles. The fraction of sp³-hybridized carbons (Fsp3) is 0.500. The minimum atomic E-state index is -0.0812. The molecule has 1 aromatic heterocycles. The van der Waals surface area contributed by atoms with Gasteiger partial charge >= 0.3 is 129 Å². The number of carbonyl (C=O) groups excluding carboxylic acids is 1. The Balaban J connectivity index is 1.68. The average molecular weight is 352 g/mol. The molecule has 5 heteroatoms. The van der Waals surface area contributed by atoms with Crippen molar-refractivity contribution in [2.24, 2.45) is 11.8 Å². The van der Waals surface area contributed by atoms with Crippen molar-refractivity contribution in [3.05, 3.63) is 34.6 Å². The Morgan fingerprint density at radius 1 is 1.29 bits per heavy atom. The van der Waals surface area contributed by atoms with Gasteiger partial charge in [-0.05, 0) is 0 Å². The first kappa shape index (κ1) is 14.6. The monoisotopic (exact) mass is 353 g/mol. The van der Waals surface area contributed by atoms with Crippen LogP contribution in [0.15, 0.2) is 29.1 Å². The fourth-order valence-corrected chi connectivity index (χ4v) is 5.42. The number of methoxy groups -OCH3 is 1. The summed E-state index contributed by atoms with van der Waals surface area (Å²) in [7, 11) is 1.46. The van der Waals surface area contributed by atoms with Crippen LogP contribution in [0.2, 0.25) is 0 Å². The van der Waals surface area contributed by atoms with E-state index in [1.165, 1.54) is 11.4 Å². The first-order chi connectivity index (χ1) is 10.2.